The van der Waals surface area contributed by atoms with E-state index in [2.05, 4.69) is 15.0 Å². The quantitative estimate of drug-likeness (QED) is 0.404. The van der Waals surface area contributed by atoms with Gasteiger partial charge in [-0.3, -0.25) is 4.98 Å². The van der Waals surface area contributed by atoms with Crippen LogP contribution in [-0.2, 0) is 10.3 Å². The summed E-state index contributed by atoms with van der Waals surface area (Å²) in [6, 6.07) is 13.9. The van der Waals surface area contributed by atoms with E-state index in [4.69, 9.17) is 20.2 Å². The van der Waals surface area contributed by atoms with Crippen LogP contribution in [-0.4, -0.2) is 34.0 Å². The normalized spacial score (nSPS) is 19.4. The van der Waals surface area contributed by atoms with Gasteiger partial charge in [0.05, 0.1) is 18.9 Å². The molecule has 0 unspecified atom stereocenters. The molecule has 4 aromatic rings. The third-order valence-electron chi connectivity index (χ3n) is 6.99. The van der Waals surface area contributed by atoms with Crippen LogP contribution in [0.1, 0.15) is 34.5 Å². The Morgan fingerprint density at radius 3 is 2.62 bits per heavy atom. The second kappa shape index (κ2) is 8.01. The van der Waals surface area contributed by atoms with Crippen LogP contribution in [0.5, 0.6) is 11.5 Å². The van der Waals surface area contributed by atoms with Gasteiger partial charge in [0.2, 0.25) is 5.95 Å². The van der Waals surface area contributed by atoms with E-state index >= 15 is 4.39 Å². The molecule has 3 aliphatic heterocycles. The molecule has 1 aromatic carbocycles. The number of pyridine rings is 3. The first kappa shape index (κ1) is 21.8. The van der Waals surface area contributed by atoms with Gasteiger partial charge in [-0.15, -0.1) is 0 Å². The van der Waals surface area contributed by atoms with Crippen molar-refractivity contribution in [1.82, 2.24) is 15.0 Å². The first-order valence-electron chi connectivity index (χ1n) is 11.8. The number of nitrogens with two attached hydrogens (primary N) is 1. The maximum Gasteiger partial charge on any atom is 0.256 e. The number of benzene rings is 1. The minimum absolute atomic E-state index is 0.0301. The predicted molar refractivity (Wildman–Crippen MR) is 132 cm³/mol. The fourth-order valence-corrected chi connectivity index (χ4v) is 5.32. The Morgan fingerprint density at radius 2 is 1.78 bits per heavy atom. The van der Waals surface area contributed by atoms with Crippen LogP contribution in [0.3, 0.4) is 0 Å². The van der Waals surface area contributed by atoms with Gasteiger partial charge in [0.1, 0.15) is 22.8 Å². The van der Waals surface area contributed by atoms with E-state index in [1.807, 2.05) is 12.1 Å². The number of nitrogens with zero attached hydrogens (tertiary/aromatic N) is 4. The second-order valence-corrected chi connectivity index (χ2v) is 8.99. The summed E-state index contributed by atoms with van der Waals surface area (Å²) in [5, 5.41) is 0. The lowest BCUT2D eigenvalue weighted by Crippen LogP contribution is -2.31. The molecule has 1 atom stereocenters. The van der Waals surface area contributed by atoms with Crippen molar-refractivity contribution in [1.29, 1.82) is 0 Å². The van der Waals surface area contributed by atoms with Gasteiger partial charge in [-0.25, -0.2) is 15.0 Å². The minimum atomic E-state index is -1.27. The molecule has 0 bridgehead atoms. The molecule has 0 aliphatic carbocycles. The summed E-state index contributed by atoms with van der Waals surface area (Å²) in [5.41, 5.74) is 9.60. The number of rotatable bonds is 2. The Hall–Kier alpha value is -4.50. The van der Waals surface area contributed by atoms with Gasteiger partial charge in [-0.05, 0) is 54.0 Å². The van der Waals surface area contributed by atoms with Crippen LogP contribution in [0.4, 0.5) is 8.78 Å². The second-order valence-electron chi connectivity index (χ2n) is 8.99. The van der Waals surface area contributed by atoms with Gasteiger partial charge in [-0.2, -0.15) is 8.78 Å². The predicted octanol–water partition coefficient (Wildman–Crippen LogP) is 4.74. The number of halogens is 2. The Bertz CT molecular complexity index is 1670. The molecule has 6 heterocycles. The summed E-state index contributed by atoms with van der Waals surface area (Å²) in [7, 11) is 0. The van der Waals surface area contributed by atoms with Crippen molar-refractivity contribution in [2.45, 2.75) is 12.0 Å². The Labute approximate surface area is 210 Å². The van der Waals surface area contributed by atoms with Crippen molar-refractivity contribution in [3.8, 4) is 22.6 Å². The molecule has 7 nitrogen and oxygen atoms in total. The summed E-state index contributed by atoms with van der Waals surface area (Å²) in [6.07, 6.45) is 5.52. The van der Waals surface area contributed by atoms with E-state index < -0.39 is 17.4 Å². The summed E-state index contributed by atoms with van der Waals surface area (Å²) in [4.78, 5) is 17.4. The summed E-state index contributed by atoms with van der Waals surface area (Å²) >= 11 is 0. The highest BCUT2D eigenvalue weighted by Gasteiger charge is 2.50. The van der Waals surface area contributed by atoms with E-state index in [1.54, 1.807) is 48.7 Å². The molecule has 0 amide bonds. The van der Waals surface area contributed by atoms with E-state index in [-0.39, 0.29) is 11.6 Å². The van der Waals surface area contributed by atoms with Crippen LogP contribution in [0, 0.1) is 11.9 Å². The molecule has 0 radical (unpaired) electrons. The van der Waals surface area contributed by atoms with Crippen LogP contribution in [0.25, 0.3) is 16.7 Å². The first-order valence-corrected chi connectivity index (χ1v) is 11.8. The summed E-state index contributed by atoms with van der Waals surface area (Å²) < 4.78 is 41.8. The Kier molecular flexibility index (Phi) is 4.71. The number of aliphatic imine (C=N–C) groups is 1. The van der Waals surface area contributed by atoms with E-state index in [0.717, 1.165) is 5.57 Å². The Morgan fingerprint density at radius 1 is 0.919 bits per heavy atom. The van der Waals surface area contributed by atoms with Gasteiger partial charge < -0.3 is 15.2 Å². The zero-order chi connectivity index (χ0) is 25.1. The third-order valence-corrected chi connectivity index (χ3v) is 6.99. The molecule has 3 aliphatic rings. The number of ether oxygens (including phenoxy) is 2. The molecule has 9 heteroatoms. The first-order chi connectivity index (χ1) is 18.1. The van der Waals surface area contributed by atoms with Crippen molar-refractivity contribution >= 4 is 11.4 Å². The number of fused-ring (bicyclic) bond motifs is 6. The van der Waals surface area contributed by atoms with Crippen molar-refractivity contribution < 1.29 is 18.3 Å². The lowest BCUT2D eigenvalue weighted by Gasteiger charge is -2.36. The monoisotopic (exact) mass is 495 g/mol. The van der Waals surface area contributed by atoms with E-state index in [0.29, 0.717) is 64.6 Å². The zero-order valence-electron chi connectivity index (χ0n) is 19.4. The zero-order valence-corrected chi connectivity index (χ0v) is 19.4. The Balaban J connectivity index is 1.54. The van der Waals surface area contributed by atoms with Crippen LogP contribution in [0.15, 0.2) is 72.0 Å². The number of hydrogen-bond donors (Lipinski definition) is 1. The molecule has 0 saturated carbocycles. The maximum atomic E-state index is 15.6. The number of aromatic nitrogens is 3. The van der Waals surface area contributed by atoms with Gasteiger partial charge in [0.15, 0.2) is 5.75 Å². The SMILES string of the molecule is NC1=N[C@]2(c3cc(-c4cccnc4F)ccc3Oc3c2cc(C2=CCOCC2)nc3F)c2cccnc21. The fourth-order valence-electron chi connectivity index (χ4n) is 5.32. The average Bonchev–Trinajstić information content (AvgIpc) is 3.23. The van der Waals surface area contributed by atoms with Gasteiger partial charge in [0.25, 0.3) is 5.95 Å². The van der Waals surface area contributed by atoms with Gasteiger partial charge >= 0.3 is 0 Å². The van der Waals surface area contributed by atoms with Crippen molar-refractivity contribution in [3.63, 3.8) is 0 Å². The number of amidine groups is 1. The molecule has 0 fully saturated rings. The van der Waals surface area contributed by atoms with Crippen molar-refractivity contribution in [2.75, 3.05) is 13.2 Å². The summed E-state index contributed by atoms with van der Waals surface area (Å²) in [5.74, 6) is -0.797. The molecule has 182 valence electrons. The maximum absolute atomic E-state index is 15.6. The van der Waals surface area contributed by atoms with E-state index in [9.17, 15) is 4.39 Å². The minimum Gasteiger partial charge on any atom is -0.452 e. The van der Waals surface area contributed by atoms with Crippen molar-refractivity contribution in [2.24, 2.45) is 10.7 Å². The van der Waals surface area contributed by atoms with Crippen LogP contribution in [0.2, 0.25) is 0 Å². The molecule has 1 spiro atoms. The van der Waals surface area contributed by atoms with E-state index in [1.165, 1.54) is 6.20 Å². The standard InChI is InChI=1S/C28H19F2N5O2/c29-25-17(3-1-10-33-25)16-5-6-22-19(13-16)28(18-4-2-9-32-23(18)27(31)35-28)20-14-21(15-7-11-36-12-8-15)34-26(30)24(20)37-22/h1-7,9-10,13-14H,8,11-12H2,(H2,31,35)/t28-/m0/s1. The third kappa shape index (κ3) is 3.14. The fraction of sp³-hybridized carbons (Fsp3) is 0.143. The lowest BCUT2D eigenvalue weighted by molar-refractivity contribution is 0.161. The van der Waals surface area contributed by atoms with Crippen molar-refractivity contribution in [3.05, 3.63) is 107 Å². The van der Waals surface area contributed by atoms with Crippen LogP contribution >= 0.6 is 0 Å². The highest BCUT2D eigenvalue weighted by atomic mass is 19.1. The molecular weight excluding hydrogens is 476 g/mol. The average molecular weight is 495 g/mol. The molecule has 2 N–H and O–H groups in total. The molecular formula is C28H19F2N5O2. The molecule has 37 heavy (non-hydrogen) atoms. The highest BCUT2D eigenvalue weighted by molar-refractivity contribution is 6.02. The molecule has 3 aromatic heterocycles. The lowest BCUT2D eigenvalue weighted by atomic mass is 9.75. The molecule has 7 rings (SSSR count). The van der Waals surface area contributed by atoms with Crippen LogP contribution < -0.4 is 10.5 Å². The topological polar surface area (TPSA) is 95.5 Å². The molecule has 0 saturated heterocycles. The highest BCUT2D eigenvalue weighted by Crippen LogP contribution is 2.56. The smallest absolute Gasteiger partial charge is 0.256 e. The number of hydrogen-bond acceptors (Lipinski definition) is 7. The van der Waals surface area contributed by atoms with Gasteiger partial charge in [0, 0.05) is 34.6 Å². The van der Waals surface area contributed by atoms with Gasteiger partial charge in [-0.1, -0.05) is 18.2 Å². The summed E-state index contributed by atoms with van der Waals surface area (Å²) in [6.45, 7) is 0.951. The largest absolute Gasteiger partial charge is 0.452 e.